The fraction of sp³-hybridized carbons (Fsp3) is 0.509. The van der Waals surface area contributed by atoms with Crippen molar-refractivity contribution >= 4 is 29.0 Å². The van der Waals surface area contributed by atoms with Gasteiger partial charge in [0.05, 0.1) is 31.5 Å². The Balaban J connectivity index is 0.765. The number of anilines is 3. The number of amides is 2. The molecule has 374 valence electrons. The van der Waals surface area contributed by atoms with Gasteiger partial charge < -0.3 is 34.4 Å². The summed E-state index contributed by atoms with van der Waals surface area (Å²) >= 11 is 0. The number of carbonyl (C=O) groups is 2. The van der Waals surface area contributed by atoms with Gasteiger partial charge in [-0.3, -0.25) is 19.0 Å². The third kappa shape index (κ3) is 8.89. The fourth-order valence-corrected chi connectivity index (χ4v) is 12.9. The zero-order valence-electron chi connectivity index (χ0n) is 42.1. The van der Waals surface area contributed by atoms with Gasteiger partial charge in [0.1, 0.15) is 23.7 Å². The number of benzene rings is 3. The lowest BCUT2D eigenvalue weighted by atomic mass is 9.49. The maximum atomic E-state index is 14.8. The van der Waals surface area contributed by atoms with E-state index in [1.165, 1.54) is 7.11 Å². The highest BCUT2D eigenvalue weighted by Gasteiger charge is 2.64. The Morgan fingerprint density at radius 1 is 0.901 bits per heavy atom. The number of hydrogen-bond donors (Lipinski definition) is 1. The van der Waals surface area contributed by atoms with E-state index in [0.29, 0.717) is 65.8 Å². The first-order valence-electron chi connectivity index (χ1n) is 25.3. The minimum Gasteiger partial charge on any atom is -0.495 e. The van der Waals surface area contributed by atoms with E-state index in [2.05, 4.69) is 75.7 Å². The van der Waals surface area contributed by atoms with Crippen LogP contribution in [0.25, 0.3) is 11.1 Å². The Kier molecular flexibility index (Phi) is 12.8. The van der Waals surface area contributed by atoms with Crippen molar-refractivity contribution in [2.45, 2.75) is 117 Å². The second-order valence-corrected chi connectivity index (χ2v) is 21.5. The molecule has 10 rings (SSSR count). The van der Waals surface area contributed by atoms with Crippen LogP contribution in [0.2, 0.25) is 0 Å². The van der Waals surface area contributed by atoms with E-state index in [1.807, 2.05) is 23.1 Å². The molecule has 5 aromatic rings. The molecule has 1 aliphatic carbocycles. The van der Waals surface area contributed by atoms with Crippen molar-refractivity contribution in [1.29, 1.82) is 5.26 Å². The van der Waals surface area contributed by atoms with Crippen LogP contribution in [-0.2, 0) is 31.2 Å². The summed E-state index contributed by atoms with van der Waals surface area (Å²) < 4.78 is 45.4. The van der Waals surface area contributed by atoms with Crippen molar-refractivity contribution in [2.24, 2.45) is 17.9 Å². The predicted octanol–water partition coefficient (Wildman–Crippen LogP) is 9.01. The number of aromatic nitrogens is 4. The Labute approximate surface area is 415 Å². The van der Waals surface area contributed by atoms with E-state index in [-0.39, 0.29) is 46.4 Å². The van der Waals surface area contributed by atoms with Crippen LogP contribution in [0.3, 0.4) is 0 Å². The van der Waals surface area contributed by atoms with Crippen molar-refractivity contribution in [2.75, 3.05) is 56.2 Å². The van der Waals surface area contributed by atoms with Gasteiger partial charge in [0.15, 0.2) is 5.82 Å². The fourth-order valence-electron chi connectivity index (χ4n) is 12.9. The molecule has 4 aliphatic heterocycles. The molecule has 14 nitrogen and oxygen atoms in total. The number of fused-ring (bicyclic) bond motifs is 2. The number of ether oxygens (including phenoxy) is 2. The van der Waals surface area contributed by atoms with Crippen molar-refractivity contribution in [3.8, 4) is 28.7 Å². The zero-order valence-corrected chi connectivity index (χ0v) is 42.1. The number of aryl methyl sites for hydroxylation is 2. The van der Waals surface area contributed by atoms with Crippen molar-refractivity contribution in [3.05, 3.63) is 101 Å². The first kappa shape index (κ1) is 48.2. The molecule has 2 aromatic heterocycles. The summed E-state index contributed by atoms with van der Waals surface area (Å²) in [5.74, 6) is 1.80. The normalized spacial score (nSPS) is 21.3. The van der Waals surface area contributed by atoms with Crippen molar-refractivity contribution in [1.82, 2.24) is 34.7 Å². The van der Waals surface area contributed by atoms with E-state index in [9.17, 15) is 23.6 Å². The van der Waals surface area contributed by atoms with Gasteiger partial charge in [-0.2, -0.15) is 15.5 Å². The molecule has 2 amide bonds. The molecule has 0 unspecified atom stereocenters. The number of alkyl halides is 2. The van der Waals surface area contributed by atoms with Crippen LogP contribution in [0.15, 0.2) is 67.0 Å². The highest BCUT2D eigenvalue weighted by molar-refractivity contribution is 5.95. The summed E-state index contributed by atoms with van der Waals surface area (Å²) in [5, 5.41) is 22.4. The van der Waals surface area contributed by atoms with Crippen LogP contribution in [0.1, 0.15) is 117 Å². The standard InChI is InChI=1S/C55H66F2N10O4/c1-34(68)65-26-20-46-45(33-65)50(66-21-8-9-36-27-43(38-31-59-62(6)32-38)44(49(56)57)29-47(36)66)61-67(46)41-18-24-64(25-19-41)40-16-22-63(23-17-40)39-13-10-35(11-14-39)51(69)60-52-54(2,3)53(55(52,4)5)71-42-15-12-37(30-58)48(28-42)70-7/h10-15,27-29,31-32,40-41,49,52-53H,8-9,16-26,33H2,1-7H3,(H,60,69). The van der Waals surface area contributed by atoms with E-state index < -0.39 is 6.43 Å². The molecule has 0 spiro atoms. The lowest BCUT2D eigenvalue weighted by Crippen LogP contribution is -2.74. The summed E-state index contributed by atoms with van der Waals surface area (Å²) in [6, 6.07) is 19.5. The monoisotopic (exact) mass is 969 g/mol. The average Bonchev–Trinajstić information content (AvgIpc) is 3.99. The number of hydrogen-bond acceptors (Lipinski definition) is 10. The maximum absolute atomic E-state index is 14.8. The Morgan fingerprint density at radius 3 is 2.27 bits per heavy atom. The quantitative estimate of drug-likeness (QED) is 0.137. The molecule has 6 heterocycles. The number of rotatable bonds is 11. The topological polar surface area (TPSA) is 137 Å². The van der Waals surface area contributed by atoms with E-state index in [1.54, 1.807) is 55.3 Å². The van der Waals surface area contributed by atoms with Crippen LogP contribution in [0.5, 0.6) is 11.5 Å². The van der Waals surface area contributed by atoms with E-state index >= 15 is 0 Å². The third-order valence-electron chi connectivity index (χ3n) is 16.4. The summed E-state index contributed by atoms with van der Waals surface area (Å²) in [6.45, 7) is 15.6. The lowest BCUT2D eigenvalue weighted by Gasteiger charge is -2.63. The average molecular weight is 969 g/mol. The minimum atomic E-state index is -2.66. The first-order valence-corrected chi connectivity index (χ1v) is 25.3. The number of likely N-dealkylation sites (tertiary alicyclic amines) is 1. The molecule has 5 aliphatic rings. The molecule has 1 saturated carbocycles. The van der Waals surface area contributed by atoms with Gasteiger partial charge in [-0.15, -0.1) is 0 Å². The van der Waals surface area contributed by atoms with Gasteiger partial charge in [-0.05, 0) is 98.2 Å². The van der Waals surface area contributed by atoms with Crippen LogP contribution < -0.4 is 24.6 Å². The molecule has 71 heavy (non-hydrogen) atoms. The second-order valence-electron chi connectivity index (χ2n) is 21.5. The minimum absolute atomic E-state index is 0.0116. The third-order valence-corrected chi connectivity index (χ3v) is 16.4. The van der Waals surface area contributed by atoms with Crippen molar-refractivity contribution < 1.29 is 27.8 Å². The Bertz CT molecular complexity index is 2840. The SMILES string of the molecule is COc1cc(OC2C(C)(C)C(NC(=O)c3ccc(N4CCC(N5CCC(n6nc(N7CCCc8cc(-c9cnn(C)c9)c(C(F)F)cc87)c7c6CCN(C(C)=O)C7)CC5)CC4)cc3)C2(C)C)ccc1C#N. The summed E-state index contributed by atoms with van der Waals surface area (Å²) in [5.41, 5.74) is 6.64. The predicted molar refractivity (Wildman–Crippen MR) is 268 cm³/mol. The highest BCUT2D eigenvalue weighted by atomic mass is 19.3. The van der Waals surface area contributed by atoms with E-state index in [4.69, 9.17) is 14.6 Å². The number of halogens is 2. The summed E-state index contributed by atoms with van der Waals surface area (Å²) in [6.07, 6.45) is 6.97. The van der Waals surface area contributed by atoms with E-state index in [0.717, 1.165) is 98.7 Å². The molecule has 3 fully saturated rings. The van der Waals surface area contributed by atoms with Crippen LogP contribution in [0.4, 0.5) is 26.0 Å². The van der Waals surface area contributed by atoms with Crippen LogP contribution in [0, 0.1) is 22.2 Å². The van der Waals surface area contributed by atoms with Crippen LogP contribution in [-0.4, -0.2) is 106 Å². The van der Waals surface area contributed by atoms with Gasteiger partial charge in [0.2, 0.25) is 5.91 Å². The Hall–Kier alpha value is -6.47. The maximum Gasteiger partial charge on any atom is 0.264 e. The Morgan fingerprint density at radius 2 is 1.62 bits per heavy atom. The van der Waals surface area contributed by atoms with Gasteiger partial charge in [-0.25, -0.2) is 8.78 Å². The molecular formula is C55H66F2N10O4. The lowest BCUT2D eigenvalue weighted by molar-refractivity contribution is -0.164. The number of nitriles is 1. The van der Waals surface area contributed by atoms with Gasteiger partial charge in [0.25, 0.3) is 12.3 Å². The largest absolute Gasteiger partial charge is 0.495 e. The molecule has 0 atom stereocenters. The van der Waals surface area contributed by atoms with Crippen molar-refractivity contribution in [3.63, 3.8) is 0 Å². The number of piperidine rings is 2. The highest BCUT2D eigenvalue weighted by Crippen LogP contribution is 2.56. The smallest absolute Gasteiger partial charge is 0.264 e. The van der Waals surface area contributed by atoms with Gasteiger partial charge >= 0.3 is 0 Å². The summed E-state index contributed by atoms with van der Waals surface area (Å²) in [7, 11) is 3.33. The van der Waals surface area contributed by atoms with Gasteiger partial charge in [0, 0.05) is 134 Å². The number of nitrogens with one attached hydrogen (secondary N) is 1. The van der Waals surface area contributed by atoms with Crippen LogP contribution >= 0.6 is 0 Å². The molecule has 2 saturated heterocycles. The molecular weight excluding hydrogens is 903 g/mol. The summed E-state index contributed by atoms with van der Waals surface area (Å²) in [4.78, 5) is 35.5. The molecule has 0 radical (unpaired) electrons. The molecule has 3 aromatic carbocycles. The second kappa shape index (κ2) is 18.9. The number of nitrogens with zero attached hydrogens (tertiary/aromatic N) is 9. The molecule has 0 bridgehead atoms. The van der Waals surface area contributed by atoms with Gasteiger partial charge in [-0.1, -0.05) is 27.7 Å². The molecule has 16 heteroatoms. The number of methoxy groups -OCH3 is 1. The zero-order chi connectivity index (χ0) is 49.9. The first-order chi connectivity index (χ1) is 34.0. The molecule has 1 N–H and O–H groups in total. The number of carbonyl (C=O) groups excluding carboxylic acids is 2.